The zero-order chi connectivity index (χ0) is 19.4. The molecule has 0 aliphatic heterocycles. The smallest absolute Gasteiger partial charge is 0.0804 e. The molecule has 0 saturated carbocycles. The SMILES string of the molecule is c1ccc2c(c1)ccc1c2c2[nH]c3ccc4cccc5c6ccccc6n1c2c3c45. The third-order valence-electron chi connectivity index (χ3n) is 6.84. The average Bonchev–Trinajstić information content (AvgIpc) is 3.28. The number of nitrogens with one attached hydrogen (secondary N) is 1. The highest BCUT2D eigenvalue weighted by Gasteiger charge is 2.21. The van der Waals surface area contributed by atoms with Gasteiger partial charge in [-0.25, -0.2) is 0 Å². The summed E-state index contributed by atoms with van der Waals surface area (Å²) in [6.07, 6.45) is 0. The minimum atomic E-state index is 1.20. The van der Waals surface area contributed by atoms with E-state index >= 15 is 0 Å². The number of aromatic amines is 1. The Bertz CT molecular complexity index is 1950. The molecule has 8 aromatic rings. The number of hydrogen-bond acceptors (Lipinski definition) is 0. The molecule has 3 aromatic heterocycles. The van der Waals surface area contributed by atoms with Crippen molar-refractivity contribution in [3.05, 3.63) is 91.0 Å². The van der Waals surface area contributed by atoms with E-state index < -0.39 is 0 Å². The predicted octanol–water partition coefficient (Wildman–Crippen LogP) is 7.62. The van der Waals surface area contributed by atoms with Crippen LogP contribution < -0.4 is 0 Å². The summed E-state index contributed by atoms with van der Waals surface area (Å²) >= 11 is 0. The summed E-state index contributed by atoms with van der Waals surface area (Å²) in [6.45, 7) is 0. The van der Waals surface area contributed by atoms with Crippen molar-refractivity contribution in [1.82, 2.24) is 9.38 Å². The van der Waals surface area contributed by atoms with Gasteiger partial charge >= 0.3 is 0 Å². The van der Waals surface area contributed by atoms with Crippen molar-refractivity contribution in [2.75, 3.05) is 0 Å². The van der Waals surface area contributed by atoms with Gasteiger partial charge in [0.25, 0.3) is 0 Å². The van der Waals surface area contributed by atoms with E-state index in [1.165, 1.54) is 70.7 Å². The first-order chi connectivity index (χ1) is 14.9. The van der Waals surface area contributed by atoms with Gasteiger partial charge < -0.3 is 9.38 Å². The lowest BCUT2D eigenvalue weighted by Gasteiger charge is -2.03. The largest absolute Gasteiger partial charge is 0.353 e. The van der Waals surface area contributed by atoms with Crippen LogP contribution in [0.3, 0.4) is 0 Å². The van der Waals surface area contributed by atoms with Crippen molar-refractivity contribution in [2.45, 2.75) is 0 Å². The summed E-state index contributed by atoms with van der Waals surface area (Å²) in [5.74, 6) is 0. The van der Waals surface area contributed by atoms with Crippen LogP contribution in [-0.2, 0) is 0 Å². The van der Waals surface area contributed by atoms with Crippen molar-refractivity contribution in [2.24, 2.45) is 0 Å². The molecule has 2 nitrogen and oxygen atoms in total. The Kier molecular flexibility index (Phi) is 2.44. The van der Waals surface area contributed by atoms with Crippen molar-refractivity contribution < 1.29 is 0 Å². The summed E-state index contributed by atoms with van der Waals surface area (Å²) in [5, 5.41) is 10.5. The third kappa shape index (κ3) is 1.56. The number of H-pyrrole nitrogens is 1. The van der Waals surface area contributed by atoms with E-state index in [9.17, 15) is 0 Å². The van der Waals surface area contributed by atoms with Crippen LogP contribution in [0.4, 0.5) is 0 Å². The predicted molar refractivity (Wildman–Crippen MR) is 128 cm³/mol. The van der Waals surface area contributed by atoms with Crippen LogP contribution in [0, 0.1) is 0 Å². The number of hydrogen-bond donors (Lipinski definition) is 1. The molecule has 0 amide bonds. The number of aromatic nitrogens is 2. The molecule has 138 valence electrons. The molecular weight excluding hydrogens is 364 g/mol. The number of para-hydroxylation sites is 1. The lowest BCUT2D eigenvalue weighted by atomic mass is 10.0. The Morgan fingerprint density at radius 1 is 0.500 bits per heavy atom. The van der Waals surface area contributed by atoms with Gasteiger partial charge in [0.2, 0.25) is 0 Å². The average molecular weight is 380 g/mol. The van der Waals surface area contributed by atoms with Crippen LogP contribution in [0.1, 0.15) is 0 Å². The second-order valence-corrected chi connectivity index (χ2v) is 8.27. The normalized spacial score (nSPS) is 12.7. The van der Waals surface area contributed by atoms with Crippen molar-refractivity contribution in [1.29, 1.82) is 0 Å². The Morgan fingerprint density at radius 2 is 1.27 bits per heavy atom. The zero-order valence-corrected chi connectivity index (χ0v) is 16.1. The molecule has 5 aromatic carbocycles. The van der Waals surface area contributed by atoms with Crippen molar-refractivity contribution in [3.63, 3.8) is 0 Å². The van der Waals surface area contributed by atoms with E-state index in [0.29, 0.717) is 0 Å². The van der Waals surface area contributed by atoms with Gasteiger partial charge in [0.05, 0.1) is 22.1 Å². The number of nitrogens with zero attached hydrogens (tertiary/aromatic N) is 1. The van der Waals surface area contributed by atoms with Gasteiger partial charge in [-0.05, 0) is 39.7 Å². The highest BCUT2D eigenvalue weighted by Crippen LogP contribution is 2.44. The minimum Gasteiger partial charge on any atom is -0.353 e. The molecule has 0 saturated heterocycles. The molecule has 0 aliphatic carbocycles. The topological polar surface area (TPSA) is 20.2 Å². The lowest BCUT2D eigenvalue weighted by Crippen LogP contribution is -1.84. The van der Waals surface area contributed by atoms with Gasteiger partial charge in [-0.2, -0.15) is 0 Å². The summed E-state index contributed by atoms with van der Waals surface area (Å²) in [7, 11) is 0. The van der Waals surface area contributed by atoms with Gasteiger partial charge in [-0.3, -0.25) is 0 Å². The Labute approximate surface area is 171 Å². The van der Waals surface area contributed by atoms with E-state index in [-0.39, 0.29) is 0 Å². The quantitative estimate of drug-likeness (QED) is 0.279. The van der Waals surface area contributed by atoms with Crippen LogP contribution in [0.5, 0.6) is 0 Å². The summed E-state index contributed by atoms with van der Waals surface area (Å²) in [5.41, 5.74) is 6.23. The molecule has 3 heterocycles. The summed E-state index contributed by atoms with van der Waals surface area (Å²) < 4.78 is 2.48. The standard InChI is InChI=1S/C28H16N2/c1-2-8-18-16(6-1)13-15-23-25(18)27-28-26-21(29-27)14-12-17-7-5-10-20(24(17)26)19-9-3-4-11-22(19)30(23)28/h1-15,29H. The maximum atomic E-state index is 3.80. The first-order valence-electron chi connectivity index (χ1n) is 10.4. The van der Waals surface area contributed by atoms with Gasteiger partial charge in [0.1, 0.15) is 0 Å². The second-order valence-electron chi connectivity index (χ2n) is 8.27. The maximum Gasteiger partial charge on any atom is 0.0804 e. The van der Waals surface area contributed by atoms with E-state index in [4.69, 9.17) is 0 Å². The van der Waals surface area contributed by atoms with Crippen LogP contribution in [0.25, 0.3) is 70.7 Å². The number of fused-ring (bicyclic) bond motifs is 8. The fourth-order valence-corrected chi connectivity index (χ4v) is 5.65. The first-order valence-corrected chi connectivity index (χ1v) is 10.4. The number of rotatable bonds is 0. The third-order valence-corrected chi connectivity index (χ3v) is 6.84. The monoisotopic (exact) mass is 380 g/mol. The van der Waals surface area contributed by atoms with Gasteiger partial charge in [0, 0.05) is 27.1 Å². The van der Waals surface area contributed by atoms with Gasteiger partial charge in [-0.1, -0.05) is 72.8 Å². The Balaban J connectivity index is 1.89. The van der Waals surface area contributed by atoms with E-state index in [1.807, 2.05) is 0 Å². The molecule has 2 heteroatoms. The van der Waals surface area contributed by atoms with E-state index in [2.05, 4.69) is 100 Å². The summed E-state index contributed by atoms with van der Waals surface area (Å²) in [4.78, 5) is 3.80. The molecule has 0 atom stereocenters. The number of benzene rings is 5. The van der Waals surface area contributed by atoms with Gasteiger partial charge in [0.15, 0.2) is 0 Å². The maximum absolute atomic E-state index is 3.80. The second kappa shape index (κ2) is 4.92. The van der Waals surface area contributed by atoms with E-state index in [0.717, 1.165) is 0 Å². The highest BCUT2D eigenvalue weighted by atomic mass is 14.9. The highest BCUT2D eigenvalue weighted by molar-refractivity contribution is 6.34. The molecular formula is C28H16N2. The first kappa shape index (κ1) is 14.9. The zero-order valence-electron chi connectivity index (χ0n) is 16.1. The molecule has 8 rings (SSSR count). The molecule has 1 N–H and O–H groups in total. The van der Waals surface area contributed by atoms with Crippen LogP contribution >= 0.6 is 0 Å². The molecule has 30 heavy (non-hydrogen) atoms. The fourth-order valence-electron chi connectivity index (χ4n) is 5.65. The van der Waals surface area contributed by atoms with Gasteiger partial charge in [-0.15, -0.1) is 0 Å². The molecule has 0 radical (unpaired) electrons. The van der Waals surface area contributed by atoms with Crippen LogP contribution in [-0.4, -0.2) is 9.38 Å². The summed E-state index contributed by atoms with van der Waals surface area (Å²) in [6, 6.07) is 33.2. The van der Waals surface area contributed by atoms with Crippen LogP contribution in [0.15, 0.2) is 91.0 Å². The fraction of sp³-hybridized carbons (Fsp3) is 0. The Hall–Kier alpha value is -4.04. The van der Waals surface area contributed by atoms with Crippen molar-refractivity contribution >= 4 is 70.7 Å². The lowest BCUT2D eigenvalue weighted by molar-refractivity contribution is 1.36. The molecule has 0 aliphatic rings. The molecule has 0 bridgehead atoms. The van der Waals surface area contributed by atoms with Crippen LogP contribution in [0.2, 0.25) is 0 Å². The molecule has 0 fully saturated rings. The van der Waals surface area contributed by atoms with E-state index in [1.54, 1.807) is 0 Å². The van der Waals surface area contributed by atoms with Crippen molar-refractivity contribution in [3.8, 4) is 0 Å². The minimum absolute atomic E-state index is 1.20. The molecule has 0 spiro atoms. The molecule has 0 unspecified atom stereocenters. The Morgan fingerprint density at radius 3 is 2.23 bits per heavy atom.